The maximum Gasteiger partial charge on any atom is 0.187 e. The van der Waals surface area contributed by atoms with Gasteiger partial charge in [0.1, 0.15) is 0 Å². The van der Waals surface area contributed by atoms with E-state index in [1.54, 1.807) is 11.3 Å². The summed E-state index contributed by atoms with van der Waals surface area (Å²) >= 11 is 7.77. The van der Waals surface area contributed by atoms with Crippen LogP contribution in [0.25, 0.3) is 0 Å². The topological polar surface area (TPSA) is 37.0 Å². The molecular formula is C16H22ClN3S. The molecule has 1 aromatic carbocycles. The monoisotopic (exact) mass is 323 g/mol. The fourth-order valence-electron chi connectivity index (χ4n) is 2.09. The van der Waals surface area contributed by atoms with Crippen LogP contribution < -0.4 is 10.6 Å². The van der Waals surface area contributed by atoms with Crippen molar-refractivity contribution in [1.82, 2.24) is 10.3 Å². The van der Waals surface area contributed by atoms with Crippen LogP contribution in [0.15, 0.2) is 23.6 Å². The van der Waals surface area contributed by atoms with Crippen LogP contribution in [0.3, 0.4) is 0 Å². The van der Waals surface area contributed by atoms with E-state index in [0.29, 0.717) is 6.04 Å². The highest BCUT2D eigenvalue weighted by Crippen LogP contribution is 2.27. The molecule has 0 spiro atoms. The fraction of sp³-hybridized carbons (Fsp3) is 0.438. The average molecular weight is 324 g/mol. The zero-order valence-electron chi connectivity index (χ0n) is 12.7. The minimum absolute atomic E-state index is 0.452. The Morgan fingerprint density at radius 3 is 2.95 bits per heavy atom. The number of nitrogens with zero attached hydrogens (tertiary/aromatic N) is 1. The Hall–Kier alpha value is -1.10. The molecule has 0 saturated heterocycles. The number of hydrogen-bond donors (Lipinski definition) is 2. The lowest BCUT2D eigenvalue weighted by Crippen LogP contribution is -2.28. The van der Waals surface area contributed by atoms with E-state index in [4.69, 9.17) is 11.6 Å². The lowest BCUT2D eigenvalue weighted by atomic mass is 10.2. The number of nitrogens with one attached hydrogen (secondary N) is 2. The van der Waals surface area contributed by atoms with Crippen LogP contribution in [-0.2, 0) is 6.42 Å². The van der Waals surface area contributed by atoms with Crippen LogP contribution in [-0.4, -0.2) is 17.6 Å². The first-order valence-electron chi connectivity index (χ1n) is 7.30. The summed E-state index contributed by atoms with van der Waals surface area (Å²) in [6.45, 7) is 7.44. The normalized spacial score (nSPS) is 12.4. The van der Waals surface area contributed by atoms with E-state index in [1.165, 1.54) is 0 Å². The van der Waals surface area contributed by atoms with Gasteiger partial charge in [0.05, 0.1) is 5.69 Å². The molecule has 21 heavy (non-hydrogen) atoms. The number of anilines is 2. The van der Waals surface area contributed by atoms with Gasteiger partial charge in [0.25, 0.3) is 0 Å². The van der Waals surface area contributed by atoms with Crippen LogP contribution in [0.5, 0.6) is 0 Å². The van der Waals surface area contributed by atoms with Crippen LogP contribution in [0.2, 0.25) is 5.02 Å². The second kappa shape index (κ2) is 7.78. The lowest BCUT2D eigenvalue weighted by Gasteiger charge is -2.11. The van der Waals surface area contributed by atoms with Crippen molar-refractivity contribution in [3.8, 4) is 0 Å². The summed E-state index contributed by atoms with van der Waals surface area (Å²) in [6, 6.07) is 6.32. The van der Waals surface area contributed by atoms with Crippen LogP contribution >= 0.6 is 22.9 Å². The molecule has 5 heteroatoms. The molecule has 0 saturated carbocycles. The molecule has 0 bridgehead atoms. The number of hydrogen-bond acceptors (Lipinski definition) is 4. The second-order valence-corrected chi connectivity index (χ2v) is 6.51. The van der Waals surface area contributed by atoms with Gasteiger partial charge in [-0.1, -0.05) is 24.6 Å². The maximum absolute atomic E-state index is 6.14. The molecule has 2 rings (SSSR count). The van der Waals surface area contributed by atoms with Gasteiger partial charge in [-0.2, -0.15) is 0 Å². The Balaban J connectivity index is 1.98. The van der Waals surface area contributed by atoms with Crippen molar-refractivity contribution in [3.63, 3.8) is 0 Å². The molecular weight excluding hydrogens is 302 g/mol. The van der Waals surface area contributed by atoms with Gasteiger partial charge in [-0.15, -0.1) is 11.3 Å². The lowest BCUT2D eigenvalue weighted by molar-refractivity contribution is 0.540. The number of aromatic nitrogens is 1. The zero-order chi connectivity index (χ0) is 15.2. The minimum atomic E-state index is 0.452. The third-order valence-corrected chi connectivity index (χ3v) is 4.54. The summed E-state index contributed by atoms with van der Waals surface area (Å²) in [5.41, 5.74) is 3.19. The molecule has 1 unspecified atom stereocenters. The standard InChI is InChI=1S/C16H22ClN3S/c1-4-8-18-11(2)9-13-10-21-16(19-13)20-15-7-5-6-14(17)12(15)3/h5-7,10-11,18H,4,8-9H2,1-3H3,(H,19,20). The van der Waals surface area contributed by atoms with Gasteiger partial charge in [0.15, 0.2) is 5.13 Å². The Labute approximate surface area is 135 Å². The highest BCUT2D eigenvalue weighted by atomic mass is 35.5. The van der Waals surface area contributed by atoms with E-state index in [-0.39, 0.29) is 0 Å². The predicted octanol–water partition coefficient (Wildman–Crippen LogP) is 4.78. The second-order valence-electron chi connectivity index (χ2n) is 5.24. The summed E-state index contributed by atoms with van der Waals surface area (Å²) in [5.74, 6) is 0. The molecule has 1 heterocycles. The third kappa shape index (κ3) is 4.70. The highest BCUT2D eigenvalue weighted by molar-refractivity contribution is 7.13. The molecule has 114 valence electrons. The minimum Gasteiger partial charge on any atom is -0.331 e. The van der Waals surface area contributed by atoms with Crippen molar-refractivity contribution < 1.29 is 0 Å². The fourth-order valence-corrected chi connectivity index (χ4v) is 3.00. The summed E-state index contributed by atoms with van der Waals surface area (Å²) in [6.07, 6.45) is 2.11. The molecule has 0 aliphatic carbocycles. The van der Waals surface area contributed by atoms with Crippen molar-refractivity contribution in [1.29, 1.82) is 0 Å². The molecule has 0 aliphatic rings. The van der Waals surface area contributed by atoms with Gasteiger partial charge in [0.2, 0.25) is 0 Å². The molecule has 1 aromatic heterocycles. The quantitative estimate of drug-likeness (QED) is 0.770. The molecule has 3 nitrogen and oxygen atoms in total. The maximum atomic E-state index is 6.14. The zero-order valence-corrected chi connectivity index (χ0v) is 14.3. The Kier molecular flexibility index (Phi) is 6.03. The van der Waals surface area contributed by atoms with Crippen molar-refractivity contribution in [2.75, 3.05) is 11.9 Å². The van der Waals surface area contributed by atoms with Gasteiger partial charge in [-0.3, -0.25) is 0 Å². The van der Waals surface area contributed by atoms with E-state index >= 15 is 0 Å². The van der Waals surface area contributed by atoms with Crippen molar-refractivity contribution >= 4 is 33.8 Å². The van der Waals surface area contributed by atoms with Crippen LogP contribution in [0, 0.1) is 6.92 Å². The van der Waals surface area contributed by atoms with E-state index in [2.05, 4.69) is 34.8 Å². The first-order valence-corrected chi connectivity index (χ1v) is 8.55. The van der Waals surface area contributed by atoms with Crippen molar-refractivity contribution in [2.24, 2.45) is 0 Å². The number of halogens is 1. The summed E-state index contributed by atoms with van der Waals surface area (Å²) in [5, 5.41) is 10.6. The molecule has 2 aromatic rings. The van der Waals surface area contributed by atoms with Gasteiger partial charge >= 0.3 is 0 Å². The number of thiazole rings is 1. The molecule has 2 N–H and O–H groups in total. The number of benzene rings is 1. The van der Waals surface area contributed by atoms with Crippen molar-refractivity contribution in [3.05, 3.63) is 39.9 Å². The smallest absolute Gasteiger partial charge is 0.187 e. The van der Waals surface area contributed by atoms with E-state index < -0.39 is 0 Å². The summed E-state index contributed by atoms with van der Waals surface area (Å²) in [7, 11) is 0. The highest BCUT2D eigenvalue weighted by Gasteiger charge is 2.08. The largest absolute Gasteiger partial charge is 0.331 e. The molecule has 0 amide bonds. The molecule has 1 atom stereocenters. The number of rotatable bonds is 7. The molecule has 0 radical (unpaired) electrons. The first kappa shape index (κ1) is 16.3. The van der Waals surface area contributed by atoms with Gasteiger partial charge < -0.3 is 10.6 Å². The van der Waals surface area contributed by atoms with E-state index in [0.717, 1.165) is 46.5 Å². The predicted molar refractivity (Wildman–Crippen MR) is 93.0 cm³/mol. The summed E-state index contributed by atoms with van der Waals surface area (Å²) in [4.78, 5) is 4.65. The Morgan fingerprint density at radius 1 is 1.38 bits per heavy atom. The van der Waals surface area contributed by atoms with E-state index in [1.807, 2.05) is 25.1 Å². The first-order chi connectivity index (χ1) is 10.1. The van der Waals surface area contributed by atoms with Crippen LogP contribution in [0.4, 0.5) is 10.8 Å². The van der Waals surface area contributed by atoms with Crippen molar-refractivity contribution in [2.45, 2.75) is 39.7 Å². The Bertz CT molecular complexity index is 583. The molecule has 0 fully saturated rings. The summed E-state index contributed by atoms with van der Waals surface area (Å²) < 4.78 is 0. The SMILES string of the molecule is CCCNC(C)Cc1csc(Nc2cccc(Cl)c2C)n1. The van der Waals surface area contributed by atoms with Gasteiger partial charge in [0, 0.05) is 28.6 Å². The Morgan fingerprint density at radius 2 is 2.19 bits per heavy atom. The molecule has 0 aliphatic heterocycles. The van der Waals surface area contributed by atoms with Gasteiger partial charge in [-0.25, -0.2) is 4.98 Å². The van der Waals surface area contributed by atoms with Crippen LogP contribution in [0.1, 0.15) is 31.5 Å². The van der Waals surface area contributed by atoms with E-state index in [9.17, 15) is 0 Å². The third-order valence-electron chi connectivity index (χ3n) is 3.32. The average Bonchev–Trinajstić information content (AvgIpc) is 2.89. The van der Waals surface area contributed by atoms with Gasteiger partial charge in [-0.05, 0) is 44.5 Å².